The molecular formula is C15H22FN3O4S. The Morgan fingerprint density at radius 2 is 2.25 bits per heavy atom. The summed E-state index contributed by atoms with van der Waals surface area (Å²) in [5.41, 5.74) is -0.435. The highest BCUT2D eigenvalue weighted by molar-refractivity contribution is 7.86. The summed E-state index contributed by atoms with van der Waals surface area (Å²) in [6, 6.07) is 2.81. The Bertz CT molecular complexity index is 692. The van der Waals surface area contributed by atoms with Gasteiger partial charge >= 0.3 is 0 Å². The van der Waals surface area contributed by atoms with E-state index in [0.29, 0.717) is 32.7 Å². The van der Waals surface area contributed by atoms with E-state index < -0.39 is 21.6 Å². The van der Waals surface area contributed by atoms with Gasteiger partial charge in [-0.25, -0.2) is 9.37 Å². The van der Waals surface area contributed by atoms with Gasteiger partial charge in [0, 0.05) is 40.0 Å². The third-order valence-electron chi connectivity index (χ3n) is 4.71. The Hall–Kier alpha value is -1.29. The van der Waals surface area contributed by atoms with Crippen LogP contribution in [-0.2, 0) is 14.9 Å². The first-order valence-electron chi connectivity index (χ1n) is 7.90. The summed E-state index contributed by atoms with van der Waals surface area (Å²) < 4.78 is 51.6. The van der Waals surface area contributed by atoms with Crippen molar-refractivity contribution in [3.05, 3.63) is 24.1 Å². The number of rotatable bonds is 6. The van der Waals surface area contributed by atoms with Crippen LogP contribution in [0.15, 0.2) is 18.3 Å². The van der Waals surface area contributed by atoms with Gasteiger partial charge in [0.25, 0.3) is 10.2 Å². The van der Waals surface area contributed by atoms with E-state index in [2.05, 4.69) is 4.98 Å². The fraction of sp³-hybridized carbons (Fsp3) is 0.667. The van der Waals surface area contributed by atoms with Crippen molar-refractivity contribution in [2.24, 2.45) is 5.92 Å². The summed E-state index contributed by atoms with van der Waals surface area (Å²) in [5, 5.41) is 0. The van der Waals surface area contributed by atoms with E-state index in [9.17, 15) is 12.8 Å². The molecule has 0 N–H and O–H groups in total. The lowest BCUT2D eigenvalue weighted by molar-refractivity contribution is -0.105. The van der Waals surface area contributed by atoms with Gasteiger partial charge in [0.1, 0.15) is 0 Å². The summed E-state index contributed by atoms with van der Waals surface area (Å²) in [5.74, 6) is -0.296. The maximum Gasteiger partial charge on any atom is 0.281 e. The lowest BCUT2D eigenvalue weighted by Gasteiger charge is -2.49. The molecule has 0 bridgehead atoms. The lowest BCUT2D eigenvalue weighted by Crippen LogP contribution is -2.67. The molecule has 7 nitrogen and oxygen atoms in total. The van der Waals surface area contributed by atoms with Gasteiger partial charge in [0.15, 0.2) is 5.82 Å². The number of pyridine rings is 1. The smallest absolute Gasteiger partial charge is 0.281 e. The number of hydrogen-bond donors (Lipinski definition) is 0. The van der Waals surface area contributed by atoms with Gasteiger partial charge < -0.3 is 9.47 Å². The minimum atomic E-state index is -3.40. The second kappa shape index (κ2) is 6.55. The quantitative estimate of drug-likeness (QED) is 0.754. The Balaban J connectivity index is 1.55. The molecule has 1 atom stereocenters. The maximum absolute atomic E-state index is 13.5. The Kier molecular flexibility index (Phi) is 4.78. The predicted molar refractivity (Wildman–Crippen MR) is 85.3 cm³/mol. The zero-order chi connectivity index (χ0) is 17.4. The van der Waals surface area contributed by atoms with Crippen LogP contribution in [0.1, 0.15) is 12.8 Å². The van der Waals surface area contributed by atoms with Gasteiger partial charge in [-0.05, 0) is 30.9 Å². The molecule has 2 fully saturated rings. The largest absolute Gasteiger partial charge is 0.476 e. The summed E-state index contributed by atoms with van der Waals surface area (Å²) >= 11 is 0. The Labute approximate surface area is 141 Å². The molecule has 0 aromatic carbocycles. The third kappa shape index (κ3) is 3.13. The van der Waals surface area contributed by atoms with Crippen LogP contribution >= 0.6 is 0 Å². The first kappa shape index (κ1) is 17.5. The van der Waals surface area contributed by atoms with Crippen molar-refractivity contribution >= 4 is 10.2 Å². The Morgan fingerprint density at radius 1 is 1.50 bits per heavy atom. The highest BCUT2D eigenvalue weighted by Gasteiger charge is 2.56. The van der Waals surface area contributed by atoms with Gasteiger partial charge in [-0.15, -0.1) is 0 Å². The minimum Gasteiger partial charge on any atom is -0.476 e. The van der Waals surface area contributed by atoms with Gasteiger partial charge in [0.2, 0.25) is 5.88 Å². The first-order valence-corrected chi connectivity index (χ1v) is 9.30. The van der Waals surface area contributed by atoms with E-state index in [4.69, 9.17) is 9.47 Å². The normalized spacial score (nSPS) is 23.6. The number of hydrogen-bond acceptors (Lipinski definition) is 5. The molecule has 3 heterocycles. The molecule has 24 heavy (non-hydrogen) atoms. The highest BCUT2D eigenvalue weighted by Crippen LogP contribution is 2.42. The second-order valence-electron chi connectivity index (χ2n) is 6.38. The molecule has 1 aromatic heterocycles. The van der Waals surface area contributed by atoms with Crippen LogP contribution in [0.5, 0.6) is 5.88 Å². The highest BCUT2D eigenvalue weighted by atomic mass is 32.2. The fourth-order valence-electron chi connectivity index (χ4n) is 3.26. The van der Waals surface area contributed by atoms with E-state index in [1.165, 1.54) is 41.0 Å². The van der Waals surface area contributed by atoms with Crippen molar-refractivity contribution in [2.45, 2.75) is 18.4 Å². The zero-order valence-corrected chi connectivity index (χ0v) is 14.6. The second-order valence-corrected chi connectivity index (χ2v) is 8.53. The molecule has 1 aromatic rings. The van der Waals surface area contributed by atoms with Crippen LogP contribution in [0.2, 0.25) is 0 Å². The molecule has 1 unspecified atom stereocenters. The first-order chi connectivity index (χ1) is 11.3. The van der Waals surface area contributed by atoms with Gasteiger partial charge in [-0.3, -0.25) is 0 Å². The van der Waals surface area contributed by atoms with Crippen molar-refractivity contribution in [1.29, 1.82) is 0 Å². The number of nitrogens with zero attached hydrogens (tertiary/aromatic N) is 3. The predicted octanol–water partition coefficient (Wildman–Crippen LogP) is 0.887. The van der Waals surface area contributed by atoms with E-state index in [1.54, 1.807) is 0 Å². The van der Waals surface area contributed by atoms with Crippen molar-refractivity contribution in [3.8, 4) is 5.88 Å². The molecule has 134 valence electrons. The number of halogens is 1. The molecule has 0 amide bonds. The van der Waals surface area contributed by atoms with Crippen molar-refractivity contribution in [3.63, 3.8) is 0 Å². The average molecular weight is 359 g/mol. The molecule has 2 saturated heterocycles. The standard InChI is InChI=1S/C15H22FN3O4S/c1-18(2)24(20,21)19-10-15(11-19)12(6-9-23-15)5-8-22-14-13(16)4-3-7-17-14/h3-4,7,12H,5-6,8-11H2,1-2H3. The molecule has 0 aliphatic carbocycles. The van der Waals surface area contributed by atoms with Crippen LogP contribution in [0.4, 0.5) is 4.39 Å². The van der Waals surface area contributed by atoms with Gasteiger partial charge in [-0.2, -0.15) is 17.0 Å². The summed E-state index contributed by atoms with van der Waals surface area (Å²) in [6.45, 7) is 1.65. The number of ether oxygens (including phenoxy) is 2. The van der Waals surface area contributed by atoms with Crippen molar-refractivity contribution in [1.82, 2.24) is 13.6 Å². The van der Waals surface area contributed by atoms with Gasteiger partial charge in [-0.1, -0.05) is 0 Å². The molecule has 2 aliphatic heterocycles. The van der Waals surface area contributed by atoms with E-state index in [-0.39, 0.29) is 11.8 Å². The molecule has 0 saturated carbocycles. The number of aromatic nitrogens is 1. The molecule has 2 aliphatic rings. The van der Waals surface area contributed by atoms with Crippen LogP contribution in [0.3, 0.4) is 0 Å². The zero-order valence-electron chi connectivity index (χ0n) is 13.8. The summed E-state index contributed by atoms with van der Waals surface area (Å²) in [4.78, 5) is 3.86. The maximum atomic E-state index is 13.5. The summed E-state index contributed by atoms with van der Waals surface area (Å²) in [7, 11) is -0.367. The van der Waals surface area contributed by atoms with Crippen LogP contribution in [-0.4, -0.2) is 68.0 Å². The topological polar surface area (TPSA) is 72.0 Å². The van der Waals surface area contributed by atoms with Crippen LogP contribution in [0.25, 0.3) is 0 Å². The SMILES string of the molecule is CN(C)S(=O)(=O)N1CC2(C1)OCCC2CCOc1ncccc1F. The molecule has 0 radical (unpaired) electrons. The molecular weight excluding hydrogens is 337 g/mol. The minimum absolute atomic E-state index is 0.00381. The monoisotopic (exact) mass is 359 g/mol. The van der Waals surface area contributed by atoms with Crippen LogP contribution < -0.4 is 4.74 Å². The molecule has 3 rings (SSSR count). The van der Waals surface area contributed by atoms with Crippen molar-refractivity contribution in [2.75, 3.05) is 40.4 Å². The van der Waals surface area contributed by atoms with E-state index in [1.807, 2.05) is 0 Å². The Morgan fingerprint density at radius 3 is 2.92 bits per heavy atom. The third-order valence-corrected chi connectivity index (χ3v) is 6.54. The average Bonchev–Trinajstić information content (AvgIpc) is 2.91. The molecule has 1 spiro atoms. The summed E-state index contributed by atoms with van der Waals surface area (Å²) in [6.07, 6.45) is 3.00. The molecule has 9 heteroatoms. The lowest BCUT2D eigenvalue weighted by atomic mass is 9.80. The van der Waals surface area contributed by atoms with Crippen molar-refractivity contribution < 1.29 is 22.3 Å². The van der Waals surface area contributed by atoms with E-state index >= 15 is 0 Å². The fourth-order valence-corrected chi connectivity index (χ4v) is 4.49. The van der Waals surface area contributed by atoms with Crippen LogP contribution in [0, 0.1) is 11.7 Å². The van der Waals surface area contributed by atoms with Gasteiger partial charge in [0.05, 0.1) is 12.2 Å². The van der Waals surface area contributed by atoms with E-state index in [0.717, 1.165) is 6.42 Å².